The van der Waals surface area contributed by atoms with E-state index in [9.17, 15) is 23.1 Å². The van der Waals surface area contributed by atoms with Gasteiger partial charge in [0.1, 0.15) is 5.02 Å². The lowest BCUT2D eigenvalue weighted by Gasteiger charge is -2.36. The second-order valence-corrected chi connectivity index (χ2v) is 6.98. The fourth-order valence-corrected chi connectivity index (χ4v) is 3.28. The number of piperazine rings is 1. The van der Waals surface area contributed by atoms with Gasteiger partial charge in [-0.1, -0.05) is 11.6 Å². The van der Waals surface area contributed by atoms with Gasteiger partial charge >= 0.3 is 6.18 Å². The molecule has 1 saturated heterocycles. The number of pyridine rings is 1. The Balaban J connectivity index is 1.80. The van der Waals surface area contributed by atoms with E-state index in [0.717, 1.165) is 16.8 Å². The number of aliphatic hydroxyl groups excluding tert-OH is 1. The second kappa shape index (κ2) is 8.06. The van der Waals surface area contributed by atoms with E-state index in [1.807, 2.05) is 4.90 Å². The molecule has 1 fully saturated rings. The number of nitrogens with zero attached hydrogens (tertiary/aromatic N) is 5. The standard InChI is InChI=1S/C17H19ClF3N5O2/c1-11(27)10-24-4-6-25(7-5-24)13-9-23-26(16(28)15(13)18)14-3-2-12(8-22-14)17(19,20)21/h2-3,8-9,11,27H,4-7,10H2,1H3/t11-/m1/s1. The fourth-order valence-electron chi connectivity index (χ4n) is 3.03. The van der Waals surface area contributed by atoms with Crippen molar-refractivity contribution in [2.24, 2.45) is 0 Å². The van der Waals surface area contributed by atoms with Crippen LogP contribution in [0.3, 0.4) is 0 Å². The molecule has 0 unspecified atom stereocenters. The number of anilines is 1. The highest BCUT2D eigenvalue weighted by Crippen LogP contribution is 2.29. The molecular formula is C17H19ClF3N5O2. The van der Waals surface area contributed by atoms with Crippen molar-refractivity contribution in [2.45, 2.75) is 19.2 Å². The van der Waals surface area contributed by atoms with Crippen LogP contribution in [0.5, 0.6) is 0 Å². The maximum atomic E-state index is 12.7. The molecule has 3 heterocycles. The average molecular weight is 418 g/mol. The second-order valence-electron chi connectivity index (χ2n) is 6.60. The van der Waals surface area contributed by atoms with E-state index in [4.69, 9.17) is 11.6 Å². The molecule has 2 aromatic rings. The predicted octanol–water partition coefficient (Wildman–Crippen LogP) is 1.80. The Morgan fingerprint density at radius 3 is 2.43 bits per heavy atom. The molecule has 0 saturated carbocycles. The number of rotatable bonds is 4. The van der Waals surface area contributed by atoms with E-state index in [2.05, 4.69) is 15.0 Å². The molecule has 152 valence electrons. The first kappa shape index (κ1) is 20.6. The Bertz CT molecular complexity index is 878. The first-order valence-electron chi connectivity index (χ1n) is 8.63. The molecule has 0 spiro atoms. The van der Waals surface area contributed by atoms with E-state index < -0.39 is 23.4 Å². The summed E-state index contributed by atoms with van der Waals surface area (Å²) in [5.41, 5.74) is -1.11. The highest BCUT2D eigenvalue weighted by molar-refractivity contribution is 6.33. The molecule has 0 radical (unpaired) electrons. The molecule has 28 heavy (non-hydrogen) atoms. The van der Waals surface area contributed by atoms with Crippen molar-refractivity contribution in [2.75, 3.05) is 37.6 Å². The van der Waals surface area contributed by atoms with Gasteiger partial charge in [0.15, 0.2) is 5.82 Å². The maximum absolute atomic E-state index is 12.7. The Morgan fingerprint density at radius 1 is 1.21 bits per heavy atom. The highest BCUT2D eigenvalue weighted by atomic mass is 35.5. The van der Waals surface area contributed by atoms with Crippen LogP contribution in [0.1, 0.15) is 12.5 Å². The quantitative estimate of drug-likeness (QED) is 0.817. The zero-order chi connectivity index (χ0) is 20.5. The average Bonchev–Trinajstić information content (AvgIpc) is 2.64. The third-order valence-corrected chi connectivity index (χ3v) is 4.78. The van der Waals surface area contributed by atoms with Gasteiger partial charge in [0.05, 0.1) is 23.6 Å². The number of β-amino-alcohol motifs (C(OH)–C–C–N with tert-alkyl or cyclic N) is 1. The number of hydrogen-bond acceptors (Lipinski definition) is 6. The molecule has 0 amide bonds. The fraction of sp³-hybridized carbons (Fsp3) is 0.471. The van der Waals surface area contributed by atoms with Gasteiger partial charge < -0.3 is 10.0 Å². The smallest absolute Gasteiger partial charge is 0.392 e. The van der Waals surface area contributed by atoms with Crippen LogP contribution < -0.4 is 10.5 Å². The molecule has 0 aromatic carbocycles. The molecule has 3 rings (SSSR count). The monoisotopic (exact) mass is 417 g/mol. The molecule has 7 nitrogen and oxygen atoms in total. The summed E-state index contributed by atoms with van der Waals surface area (Å²) in [6.07, 6.45) is -2.88. The van der Waals surface area contributed by atoms with E-state index in [1.54, 1.807) is 6.92 Å². The lowest BCUT2D eigenvalue weighted by atomic mass is 10.2. The van der Waals surface area contributed by atoms with E-state index in [0.29, 0.717) is 44.6 Å². The molecule has 0 aliphatic carbocycles. The van der Waals surface area contributed by atoms with E-state index >= 15 is 0 Å². The van der Waals surface area contributed by atoms with Crippen LogP contribution in [-0.4, -0.2) is 63.6 Å². The van der Waals surface area contributed by atoms with Gasteiger partial charge in [-0.15, -0.1) is 0 Å². The van der Waals surface area contributed by atoms with Crippen LogP contribution in [-0.2, 0) is 6.18 Å². The number of halogens is 4. The Morgan fingerprint density at radius 2 is 1.89 bits per heavy atom. The SMILES string of the molecule is C[C@@H](O)CN1CCN(c2cnn(-c3ccc(C(F)(F)F)cn3)c(=O)c2Cl)CC1. The van der Waals surface area contributed by atoms with Crippen molar-refractivity contribution < 1.29 is 18.3 Å². The van der Waals surface area contributed by atoms with E-state index in [1.165, 1.54) is 6.20 Å². The van der Waals surface area contributed by atoms with Crippen LogP contribution in [0.4, 0.5) is 18.9 Å². The first-order valence-corrected chi connectivity index (χ1v) is 9.01. The van der Waals surface area contributed by atoms with Crippen molar-refractivity contribution in [1.82, 2.24) is 19.7 Å². The van der Waals surface area contributed by atoms with Crippen LogP contribution in [0.15, 0.2) is 29.3 Å². The third kappa shape index (κ3) is 4.45. The Kier molecular flexibility index (Phi) is 5.92. The summed E-state index contributed by atoms with van der Waals surface area (Å²) in [5.74, 6) is -0.0480. The highest BCUT2D eigenvalue weighted by Gasteiger charge is 2.31. The molecule has 1 aliphatic heterocycles. The topological polar surface area (TPSA) is 74.5 Å². The minimum Gasteiger partial charge on any atom is -0.392 e. The van der Waals surface area contributed by atoms with Crippen LogP contribution >= 0.6 is 11.6 Å². The van der Waals surface area contributed by atoms with Gasteiger partial charge in [0.2, 0.25) is 0 Å². The summed E-state index contributed by atoms with van der Waals surface area (Å²) >= 11 is 6.23. The summed E-state index contributed by atoms with van der Waals surface area (Å²) in [7, 11) is 0. The van der Waals surface area contributed by atoms with Gasteiger partial charge in [0, 0.05) is 38.9 Å². The first-order chi connectivity index (χ1) is 13.2. The van der Waals surface area contributed by atoms with Crippen molar-refractivity contribution in [3.63, 3.8) is 0 Å². The summed E-state index contributed by atoms with van der Waals surface area (Å²) in [6.45, 7) is 4.91. The zero-order valence-corrected chi connectivity index (χ0v) is 15.8. The molecule has 1 N–H and O–H groups in total. The van der Waals surface area contributed by atoms with Crippen LogP contribution in [0.2, 0.25) is 5.02 Å². The van der Waals surface area contributed by atoms with Crippen LogP contribution in [0.25, 0.3) is 5.82 Å². The van der Waals surface area contributed by atoms with E-state index in [-0.39, 0.29) is 10.8 Å². The molecule has 0 bridgehead atoms. The summed E-state index contributed by atoms with van der Waals surface area (Å²) in [5, 5.41) is 13.4. The predicted molar refractivity (Wildman–Crippen MR) is 98.0 cm³/mol. The molecular weight excluding hydrogens is 399 g/mol. The Labute approximate surface area is 164 Å². The van der Waals surface area contributed by atoms with Gasteiger partial charge in [0.25, 0.3) is 5.56 Å². The summed E-state index contributed by atoms with van der Waals surface area (Å²) in [6, 6.07) is 1.90. The van der Waals surface area contributed by atoms with Gasteiger partial charge in [-0.25, -0.2) is 4.98 Å². The molecule has 11 heteroatoms. The van der Waals surface area contributed by atoms with Gasteiger partial charge in [-0.2, -0.15) is 23.0 Å². The normalized spacial score (nSPS) is 17.0. The maximum Gasteiger partial charge on any atom is 0.417 e. The number of aliphatic hydroxyl groups is 1. The van der Waals surface area contributed by atoms with Crippen molar-refractivity contribution in [3.8, 4) is 5.82 Å². The number of hydrogen-bond donors (Lipinski definition) is 1. The number of alkyl halides is 3. The van der Waals surface area contributed by atoms with Crippen molar-refractivity contribution in [3.05, 3.63) is 45.5 Å². The Hall–Kier alpha value is -2.17. The van der Waals surface area contributed by atoms with Crippen molar-refractivity contribution in [1.29, 1.82) is 0 Å². The minimum atomic E-state index is -4.51. The third-order valence-electron chi connectivity index (χ3n) is 4.43. The molecule has 2 aromatic heterocycles. The summed E-state index contributed by atoms with van der Waals surface area (Å²) < 4.78 is 38.8. The molecule has 1 atom stereocenters. The zero-order valence-electron chi connectivity index (χ0n) is 15.0. The largest absolute Gasteiger partial charge is 0.417 e. The minimum absolute atomic E-state index is 0.0480. The van der Waals surface area contributed by atoms with Gasteiger partial charge in [-0.3, -0.25) is 9.69 Å². The van der Waals surface area contributed by atoms with Crippen LogP contribution in [0, 0.1) is 0 Å². The number of aromatic nitrogens is 3. The lowest BCUT2D eigenvalue weighted by molar-refractivity contribution is -0.137. The van der Waals surface area contributed by atoms with Crippen molar-refractivity contribution >= 4 is 17.3 Å². The summed E-state index contributed by atoms with van der Waals surface area (Å²) in [4.78, 5) is 20.3. The lowest BCUT2D eigenvalue weighted by Crippen LogP contribution is -2.48. The van der Waals surface area contributed by atoms with Gasteiger partial charge in [-0.05, 0) is 19.1 Å². The molecule has 1 aliphatic rings.